The summed E-state index contributed by atoms with van der Waals surface area (Å²) < 4.78 is 5.82. The molecular weight excluding hydrogens is 329 g/mol. The molecular formula is C15H21Cl2NO2S. The highest BCUT2D eigenvalue weighted by Gasteiger charge is 2.28. The van der Waals surface area contributed by atoms with E-state index in [0.29, 0.717) is 27.1 Å². The van der Waals surface area contributed by atoms with Gasteiger partial charge in [-0.25, -0.2) is 0 Å². The zero-order valence-electron chi connectivity index (χ0n) is 12.1. The zero-order valence-corrected chi connectivity index (χ0v) is 14.4. The molecule has 6 heteroatoms. The van der Waals surface area contributed by atoms with Crippen molar-refractivity contribution in [2.45, 2.75) is 30.6 Å². The van der Waals surface area contributed by atoms with Crippen LogP contribution in [0, 0.1) is 0 Å². The third kappa shape index (κ3) is 5.22. The van der Waals surface area contributed by atoms with Crippen molar-refractivity contribution in [2.75, 3.05) is 25.4 Å². The number of ether oxygens (including phenoxy) is 1. The molecule has 0 bridgehead atoms. The highest BCUT2D eigenvalue weighted by atomic mass is 35.5. The summed E-state index contributed by atoms with van der Waals surface area (Å²) in [4.78, 5) is 0. The van der Waals surface area contributed by atoms with E-state index in [0.717, 1.165) is 6.54 Å². The van der Waals surface area contributed by atoms with Gasteiger partial charge in [0.15, 0.2) is 5.75 Å². The van der Waals surface area contributed by atoms with Crippen molar-refractivity contribution < 1.29 is 9.84 Å². The Kier molecular flexibility index (Phi) is 6.51. The molecule has 1 heterocycles. The molecule has 1 aliphatic heterocycles. The van der Waals surface area contributed by atoms with Crippen molar-refractivity contribution in [3.63, 3.8) is 0 Å². The molecule has 118 valence electrons. The first-order valence-corrected chi connectivity index (χ1v) is 8.84. The summed E-state index contributed by atoms with van der Waals surface area (Å²) in [7, 11) is 0. The summed E-state index contributed by atoms with van der Waals surface area (Å²) in [6, 6.07) is 5.19. The summed E-state index contributed by atoms with van der Waals surface area (Å²) in [6.45, 7) is 3.84. The lowest BCUT2D eigenvalue weighted by atomic mass is 10.1. The van der Waals surface area contributed by atoms with Gasteiger partial charge in [0.2, 0.25) is 0 Å². The third-order valence-electron chi connectivity index (χ3n) is 3.52. The Hall–Kier alpha value is -0.130. The SMILES string of the molecule is CC1(CNCC(O)COc2c(Cl)cccc2Cl)CCCS1. The molecule has 0 amide bonds. The molecule has 0 spiro atoms. The fourth-order valence-corrected chi connectivity index (χ4v) is 4.12. The maximum atomic E-state index is 9.97. The summed E-state index contributed by atoms with van der Waals surface area (Å²) in [5.74, 6) is 1.66. The maximum Gasteiger partial charge on any atom is 0.156 e. The predicted octanol–water partition coefficient (Wildman–Crippen LogP) is 3.61. The van der Waals surface area contributed by atoms with Gasteiger partial charge in [-0.05, 0) is 37.7 Å². The van der Waals surface area contributed by atoms with Gasteiger partial charge in [0.25, 0.3) is 0 Å². The smallest absolute Gasteiger partial charge is 0.156 e. The number of benzene rings is 1. The molecule has 2 atom stereocenters. The van der Waals surface area contributed by atoms with Gasteiger partial charge in [-0.2, -0.15) is 11.8 Å². The number of rotatable bonds is 7. The van der Waals surface area contributed by atoms with Crippen molar-refractivity contribution in [2.24, 2.45) is 0 Å². The van der Waals surface area contributed by atoms with Crippen LogP contribution < -0.4 is 10.1 Å². The van der Waals surface area contributed by atoms with Crippen molar-refractivity contribution in [1.29, 1.82) is 0 Å². The topological polar surface area (TPSA) is 41.5 Å². The standard InChI is InChI=1S/C15H21Cl2NO2S/c1-15(6-3-7-21-15)10-18-8-11(19)9-20-14-12(16)4-2-5-13(14)17/h2,4-5,11,18-19H,3,6-10H2,1H3. The number of nitrogens with one attached hydrogen (secondary N) is 1. The van der Waals surface area contributed by atoms with Gasteiger partial charge in [0.05, 0.1) is 10.0 Å². The number of thioether (sulfide) groups is 1. The summed E-state index contributed by atoms with van der Waals surface area (Å²) in [6.07, 6.45) is 1.92. The molecule has 21 heavy (non-hydrogen) atoms. The minimum absolute atomic E-state index is 0.167. The lowest BCUT2D eigenvalue weighted by Gasteiger charge is -2.24. The highest BCUT2D eigenvalue weighted by Crippen LogP contribution is 2.37. The van der Waals surface area contributed by atoms with Crippen LogP contribution in [-0.2, 0) is 0 Å². The quantitative estimate of drug-likeness (QED) is 0.788. The second kappa shape index (κ2) is 7.93. The lowest BCUT2D eigenvalue weighted by molar-refractivity contribution is 0.106. The Morgan fingerprint density at radius 2 is 2.14 bits per heavy atom. The van der Waals surface area contributed by atoms with Crippen molar-refractivity contribution in [1.82, 2.24) is 5.32 Å². The van der Waals surface area contributed by atoms with E-state index in [1.54, 1.807) is 18.2 Å². The first-order valence-electron chi connectivity index (χ1n) is 7.10. The minimum Gasteiger partial charge on any atom is -0.488 e. The number of hydrogen-bond acceptors (Lipinski definition) is 4. The lowest BCUT2D eigenvalue weighted by Crippen LogP contribution is -2.39. The summed E-state index contributed by atoms with van der Waals surface area (Å²) >= 11 is 14.0. The molecule has 2 N–H and O–H groups in total. The molecule has 1 saturated heterocycles. The first kappa shape index (κ1) is 17.2. The first-order chi connectivity index (χ1) is 10.0. The minimum atomic E-state index is -0.590. The van der Waals surface area contributed by atoms with Crippen LogP contribution in [-0.4, -0.2) is 41.4 Å². The van der Waals surface area contributed by atoms with Gasteiger partial charge in [-0.15, -0.1) is 0 Å². The van der Waals surface area contributed by atoms with Gasteiger partial charge in [0, 0.05) is 17.8 Å². The molecule has 1 aromatic carbocycles. The van der Waals surface area contributed by atoms with E-state index in [1.807, 2.05) is 11.8 Å². The van der Waals surface area contributed by atoms with Gasteiger partial charge < -0.3 is 15.2 Å². The van der Waals surface area contributed by atoms with Crippen LogP contribution in [0.1, 0.15) is 19.8 Å². The second-order valence-electron chi connectivity index (χ2n) is 5.55. The zero-order chi connectivity index (χ0) is 15.3. The van der Waals surface area contributed by atoms with E-state index in [2.05, 4.69) is 12.2 Å². The normalized spacial score (nSPS) is 23.2. The van der Waals surface area contributed by atoms with Crippen LogP contribution in [0.3, 0.4) is 0 Å². The molecule has 1 aliphatic rings. The van der Waals surface area contributed by atoms with E-state index in [9.17, 15) is 5.11 Å². The monoisotopic (exact) mass is 349 g/mol. The third-order valence-corrected chi connectivity index (χ3v) is 5.65. The Morgan fingerprint density at radius 3 is 2.76 bits per heavy atom. The van der Waals surface area contributed by atoms with Gasteiger partial charge in [-0.1, -0.05) is 29.3 Å². The van der Waals surface area contributed by atoms with E-state index in [1.165, 1.54) is 18.6 Å². The molecule has 1 fully saturated rings. The Bertz CT molecular complexity index is 447. The van der Waals surface area contributed by atoms with Crippen LogP contribution >= 0.6 is 35.0 Å². The molecule has 2 rings (SSSR count). The number of halogens is 2. The summed E-state index contributed by atoms with van der Waals surface area (Å²) in [5, 5.41) is 14.2. The fourth-order valence-electron chi connectivity index (χ4n) is 2.34. The van der Waals surface area contributed by atoms with Crippen molar-refractivity contribution in [3.8, 4) is 5.75 Å². The van der Waals surface area contributed by atoms with Crippen LogP contribution in [0.2, 0.25) is 10.0 Å². The predicted molar refractivity (Wildman–Crippen MR) is 90.9 cm³/mol. The van der Waals surface area contributed by atoms with Crippen LogP contribution in [0.25, 0.3) is 0 Å². The highest BCUT2D eigenvalue weighted by molar-refractivity contribution is 8.00. The van der Waals surface area contributed by atoms with Crippen LogP contribution in [0.15, 0.2) is 18.2 Å². The number of para-hydroxylation sites is 1. The molecule has 2 unspecified atom stereocenters. The van der Waals surface area contributed by atoms with E-state index in [-0.39, 0.29) is 6.61 Å². The van der Waals surface area contributed by atoms with Crippen molar-refractivity contribution >= 4 is 35.0 Å². The Labute approximate surface area is 140 Å². The van der Waals surface area contributed by atoms with Crippen LogP contribution in [0.4, 0.5) is 0 Å². The Morgan fingerprint density at radius 1 is 1.43 bits per heavy atom. The average Bonchev–Trinajstić information content (AvgIpc) is 2.85. The van der Waals surface area contributed by atoms with E-state index >= 15 is 0 Å². The van der Waals surface area contributed by atoms with Gasteiger partial charge >= 0.3 is 0 Å². The van der Waals surface area contributed by atoms with Gasteiger partial charge in [-0.3, -0.25) is 0 Å². The number of aliphatic hydroxyl groups excluding tert-OH is 1. The molecule has 0 aliphatic carbocycles. The number of hydrogen-bond donors (Lipinski definition) is 2. The van der Waals surface area contributed by atoms with Gasteiger partial charge in [0.1, 0.15) is 12.7 Å². The fraction of sp³-hybridized carbons (Fsp3) is 0.600. The maximum absolute atomic E-state index is 9.97. The van der Waals surface area contributed by atoms with Crippen LogP contribution in [0.5, 0.6) is 5.75 Å². The molecule has 0 aromatic heterocycles. The van der Waals surface area contributed by atoms with E-state index < -0.39 is 6.10 Å². The molecule has 0 radical (unpaired) electrons. The molecule has 3 nitrogen and oxygen atoms in total. The largest absolute Gasteiger partial charge is 0.488 e. The Balaban J connectivity index is 1.71. The molecule has 0 saturated carbocycles. The van der Waals surface area contributed by atoms with E-state index in [4.69, 9.17) is 27.9 Å². The average molecular weight is 350 g/mol. The second-order valence-corrected chi connectivity index (χ2v) is 8.05. The van der Waals surface area contributed by atoms with Crippen molar-refractivity contribution in [3.05, 3.63) is 28.2 Å². The summed E-state index contributed by atoms with van der Waals surface area (Å²) in [5.41, 5.74) is 0. The number of aliphatic hydroxyl groups is 1. The molecule has 1 aromatic rings.